The third-order valence-corrected chi connectivity index (χ3v) is 7.03. The molecule has 1 N–H and O–H groups in total. The Morgan fingerprint density at radius 1 is 0.967 bits per heavy atom. The van der Waals surface area contributed by atoms with Gasteiger partial charge in [0.05, 0.1) is 18.1 Å². The molecule has 2 aromatic carbocycles. The van der Waals surface area contributed by atoms with E-state index in [1.807, 2.05) is 30.3 Å². The van der Waals surface area contributed by atoms with E-state index < -0.39 is 10.0 Å². The summed E-state index contributed by atoms with van der Waals surface area (Å²) in [4.78, 5) is 2.52. The van der Waals surface area contributed by atoms with Gasteiger partial charge in [0.15, 0.2) is 11.5 Å². The number of ether oxygens (including phenoxy) is 3. The number of rotatable bonds is 7. The van der Waals surface area contributed by atoms with Crippen molar-refractivity contribution >= 4 is 10.0 Å². The molecule has 0 aromatic heterocycles. The number of nitrogens with one attached hydrogen (secondary N) is 1. The first kappa shape index (κ1) is 21.1. The molecule has 0 unspecified atom stereocenters. The maximum Gasteiger partial charge on any atom is 0.240 e. The van der Waals surface area contributed by atoms with Crippen molar-refractivity contribution in [2.45, 2.75) is 30.7 Å². The molecule has 0 aliphatic carbocycles. The second-order valence-electron chi connectivity index (χ2n) is 7.85. The Hall–Kier alpha value is -2.13. The Morgan fingerprint density at radius 3 is 2.33 bits per heavy atom. The molecule has 1 saturated heterocycles. The number of nitrogens with zero attached hydrogens (tertiary/aromatic N) is 1. The molecule has 2 aliphatic heterocycles. The molecule has 30 heavy (non-hydrogen) atoms. The SMILES string of the molecule is CC(C)c1ccc(S(=O)(=O)NC[C@H](c2ccc3c(c2)OCO3)N2CCOCC2)cc1. The van der Waals surface area contributed by atoms with Gasteiger partial charge in [0.1, 0.15) is 0 Å². The Balaban J connectivity index is 1.54. The molecule has 8 heteroatoms. The zero-order valence-electron chi connectivity index (χ0n) is 17.3. The van der Waals surface area contributed by atoms with E-state index in [2.05, 4.69) is 23.5 Å². The first-order valence-corrected chi connectivity index (χ1v) is 11.7. The fourth-order valence-corrected chi connectivity index (χ4v) is 4.81. The standard InChI is InChI=1S/C22H28N2O5S/c1-16(2)17-3-6-19(7-4-17)30(25,26)23-14-20(24-9-11-27-12-10-24)18-5-8-21-22(13-18)29-15-28-21/h3-8,13,16,20,23H,9-12,14-15H2,1-2H3/t20-/m1/s1. The van der Waals surface area contributed by atoms with Crippen molar-refractivity contribution in [2.24, 2.45) is 0 Å². The molecule has 2 heterocycles. The predicted octanol–water partition coefficient (Wildman–Crippen LogP) is 2.89. The second kappa shape index (κ2) is 8.93. The van der Waals surface area contributed by atoms with Gasteiger partial charge in [0, 0.05) is 25.7 Å². The van der Waals surface area contributed by atoms with Gasteiger partial charge in [-0.15, -0.1) is 0 Å². The van der Waals surface area contributed by atoms with Crippen LogP contribution in [0.25, 0.3) is 0 Å². The number of benzene rings is 2. The van der Waals surface area contributed by atoms with E-state index in [1.54, 1.807) is 12.1 Å². The highest BCUT2D eigenvalue weighted by Gasteiger charge is 2.27. The van der Waals surface area contributed by atoms with E-state index in [1.165, 1.54) is 0 Å². The summed E-state index contributed by atoms with van der Waals surface area (Å²) in [6.45, 7) is 7.37. The molecule has 0 bridgehead atoms. The number of fused-ring (bicyclic) bond motifs is 1. The maximum absolute atomic E-state index is 12.9. The van der Waals surface area contributed by atoms with Crippen molar-refractivity contribution in [3.63, 3.8) is 0 Å². The summed E-state index contributed by atoms with van der Waals surface area (Å²) in [5.74, 6) is 1.76. The van der Waals surface area contributed by atoms with Gasteiger partial charge in [-0.05, 0) is 41.3 Å². The van der Waals surface area contributed by atoms with Gasteiger partial charge in [-0.25, -0.2) is 13.1 Å². The molecule has 0 amide bonds. The lowest BCUT2D eigenvalue weighted by Crippen LogP contribution is -2.43. The summed E-state index contributed by atoms with van der Waals surface area (Å²) in [5, 5.41) is 0. The zero-order valence-corrected chi connectivity index (χ0v) is 18.2. The van der Waals surface area contributed by atoms with Crippen LogP contribution in [0.3, 0.4) is 0 Å². The Labute approximate surface area is 178 Å². The summed E-state index contributed by atoms with van der Waals surface area (Å²) >= 11 is 0. The molecule has 0 saturated carbocycles. The zero-order chi connectivity index (χ0) is 21.1. The van der Waals surface area contributed by atoms with Crippen molar-refractivity contribution in [3.8, 4) is 11.5 Å². The fraction of sp³-hybridized carbons (Fsp3) is 0.455. The maximum atomic E-state index is 12.9. The molecule has 0 spiro atoms. The quantitative estimate of drug-likeness (QED) is 0.725. The normalized spacial score (nSPS) is 18.0. The smallest absolute Gasteiger partial charge is 0.240 e. The minimum Gasteiger partial charge on any atom is -0.454 e. The monoisotopic (exact) mass is 432 g/mol. The van der Waals surface area contributed by atoms with Gasteiger partial charge in [-0.1, -0.05) is 32.0 Å². The fourth-order valence-electron chi connectivity index (χ4n) is 3.77. The number of hydrogen-bond donors (Lipinski definition) is 1. The molecule has 0 radical (unpaired) electrons. The lowest BCUT2D eigenvalue weighted by Gasteiger charge is -2.35. The molecule has 7 nitrogen and oxygen atoms in total. The number of sulfonamides is 1. The highest BCUT2D eigenvalue weighted by atomic mass is 32.2. The van der Waals surface area contributed by atoms with E-state index in [0.717, 1.165) is 24.2 Å². The van der Waals surface area contributed by atoms with E-state index in [9.17, 15) is 8.42 Å². The second-order valence-corrected chi connectivity index (χ2v) is 9.62. The lowest BCUT2D eigenvalue weighted by molar-refractivity contribution is 0.0171. The Kier molecular flexibility index (Phi) is 6.29. The minimum absolute atomic E-state index is 0.131. The van der Waals surface area contributed by atoms with Crippen molar-refractivity contribution < 1.29 is 22.6 Å². The third-order valence-electron chi connectivity index (χ3n) is 5.59. The number of morpholine rings is 1. The average Bonchev–Trinajstić information content (AvgIpc) is 3.23. The van der Waals surface area contributed by atoms with Crippen LogP contribution in [0.2, 0.25) is 0 Å². The van der Waals surface area contributed by atoms with E-state index in [4.69, 9.17) is 14.2 Å². The predicted molar refractivity (Wildman–Crippen MR) is 113 cm³/mol. The Morgan fingerprint density at radius 2 is 1.63 bits per heavy atom. The molecule has 1 atom stereocenters. The first-order valence-electron chi connectivity index (χ1n) is 10.2. The van der Waals surface area contributed by atoms with Gasteiger partial charge in [0.2, 0.25) is 16.8 Å². The molecule has 2 aromatic rings. The van der Waals surface area contributed by atoms with Gasteiger partial charge in [-0.2, -0.15) is 0 Å². The van der Waals surface area contributed by atoms with Gasteiger partial charge >= 0.3 is 0 Å². The summed E-state index contributed by atoms with van der Waals surface area (Å²) in [7, 11) is -3.62. The molecule has 162 valence electrons. The van der Waals surface area contributed by atoms with Gasteiger partial charge < -0.3 is 14.2 Å². The third kappa shape index (κ3) is 4.62. The van der Waals surface area contributed by atoms with Gasteiger partial charge in [-0.3, -0.25) is 4.90 Å². The molecule has 4 rings (SSSR count). The van der Waals surface area contributed by atoms with Crippen LogP contribution in [0.5, 0.6) is 11.5 Å². The van der Waals surface area contributed by atoms with E-state index in [-0.39, 0.29) is 24.3 Å². The highest BCUT2D eigenvalue weighted by molar-refractivity contribution is 7.89. The molecular formula is C22H28N2O5S. The largest absolute Gasteiger partial charge is 0.454 e. The molecule has 1 fully saturated rings. The minimum atomic E-state index is -3.62. The van der Waals surface area contributed by atoms with Crippen LogP contribution in [-0.4, -0.2) is 53.0 Å². The van der Waals surface area contributed by atoms with Crippen LogP contribution in [0.4, 0.5) is 0 Å². The summed E-state index contributed by atoms with van der Waals surface area (Å²) in [5.41, 5.74) is 2.10. The Bertz CT molecular complexity index is 970. The van der Waals surface area contributed by atoms with Crippen LogP contribution in [0.15, 0.2) is 47.4 Å². The van der Waals surface area contributed by atoms with Gasteiger partial charge in [0.25, 0.3) is 0 Å². The first-order chi connectivity index (χ1) is 14.4. The number of hydrogen-bond acceptors (Lipinski definition) is 6. The van der Waals surface area contributed by atoms with Crippen molar-refractivity contribution in [3.05, 3.63) is 53.6 Å². The summed E-state index contributed by atoms with van der Waals surface area (Å²) in [6.07, 6.45) is 0. The van der Waals surface area contributed by atoms with Crippen molar-refractivity contribution in [1.29, 1.82) is 0 Å². The van der Waals surface area contributed by atoms with Crippen LogP contribution in [0, 0.1) is 0 Å². The topological polar surface area (TPSA) is 77.1 Å². The summed E-state index contributed by atoms with van der Waals surface area (Å²) < 4.78 is 45.1. The average molecular weight is 433 g/mol. The van der Waals surface area contributed by atoms with Crippen molar-refractivity contribution in [2.75, 3.05) is 39.6 Å². The van der Waals surface area contributed by atoms with Crippen molar-refractivity contribution in [1.82, 2.24) is 9.62 Å². The lowest BCUT2D eigenvalue weighted by atomic mass is 10.0. The van der Waals surface area contributed by atoms with E-state index in [0.29, 0.717) is 30.6 Å². The summed E-state index contributed by atoms with van der Waals surface area (Å²) in [6, 6.07) is 12.7. The molecule has 2 aliphatic rings. The van der Waals surface area contributed by atoms with Crippen LogP contribution >= 0.6 is 0 Å². The molecular weight excluding hydrogens is 404 g/mol. The van der Waals surface area contributed by atoms with E-state index >= 15 is 0 Å². The van der Waals surface area contributed by atoms with Crippen LogP contribution in [0.1, 0.15) is 36.9 Å². The highest BCUT2D eigenvalue weighted by Crippen LogP contribution is 2.35. The van der Waals surface area contributed by atoms with Crippen LogP contribution in [-0.2, 0) is 14.8 Å². The van der Waals surface area contributed by atoms with Crippen LogP contribution < -0.4 is 14.2 Å².